The molecule has 0 aliphatic rings. The first kappa shape index (κ1) is 24.2. The number of rotatable bonds is 4. The maximum Gasteiger partial charge on any atom is 0.140 e. The highest BCUT2D eigenvalue weighted by Gasteiger charge is 2.19. The quantitative estimate of drug-likeness (QED) is 0.211. The third-order valence-electron chi connectivity index (χ3n) is 8.23. The van der Waals surface area contributed by atoms with Crippen molar-refractivity contribution in [3.63, 3.8) is 0 Å². The van der Waals surface area contributed by atoms with Crippen LogP contribution in [-0.2, 0) is 7.05 Å². The van der Waals surface area contributed by atoms with Crippen LogP contribution in [0.2, 0.25) is 0 Å². The number of para-hydroxylation sites is 2. The van der Waals surface area contributed by atoms with Gasteiger partial charge in [-0.15, -0.1) is 11.3 Å². The zero-order chi connectivity index (χ0) is 28.5. The summed E-state index contributed by atoms with van der Waals surface area (Å²) in [5.41, 5.74) is 5.31. The van der Waals surface area contributed by atoms with Crippen molar-refractivity contribution in [2.45, 2.75) is 0 Å². The predicted octanol–water partition coefficient (Wildman–Crippen LogP) is 9.89. The standard InChI is InChI=1S/C37H24N4OS/c1-40-30-13-4-3-12-29(30)39-37(40)23-9-8-10-24(21-23)42-25-16-17-26-27-18-19-33-35(28-11-2-5-14-32(28)43-33)36(27)41(31(26)22-25)34-15-6-7-20-38-34/h2-22H,1H3. The number of aromatic nitrogens is 4. The first-order valence-electron chi connectivity index (χ1n) is 14.2. The highest BCUT2D eigenvalue weighted by Crippen LogP contribution is 2.43. The maximum atomic E-state index is 6.52. The van der Waals surface area contributed by atoms with E-state index in [0.717, 1.165) is 45.3 Å². The molecule has 0 aliphatic carbocycles. The summed E-state index contributed by atoms with van der Waals surface area (Å²) in [7, 11) is 2.05. The van der Waals surface area contributed by atoms with Gasteiger partial charge >= 0.3 is 0 Å². The second-order valence-corrected chi connectivity index (χ2v) is 11.8. The highest BCUT2D eigenvalue weighted by molar-refractivity contribution is 7.26. The fourth-order valence-electron chi connectivity index (χ4n) is 6.32. The van der Waals surface area contributed by atoms with Gasteiger partial charge in [0.05, 0.1) is 22.1 Å². The van der Waals surface area contributed by atoms with Crippen LogP contribution in [0.1, 0.15) is 0 Å². The molecular weight excluding hydrogens is 549 g/mol. The number of thiophene rings is 1. The van der Waals surface area contributed by atoms with Gasteiger partial charge in [-0.3, -0.25) is 4.57 Å². The number of nitrogens with zero attached hydrogens (tertiary/aromatic N) is 4. The molecule has 0 N–H and O–H groups in total. The second kappa shape index (κ2) is 9.28. The van der Waals surface area contributed by atoms with E-state index in [1.807, 2.05) is 60.0 Å². The third kappa shape index (κ3) is 3.70. The molecule has 0 bridgehead atoms. The van der Waals surface area contributed by atoms with E-state index in [9.17, 15) is 0 Å². The molecule has 9 aromatic rings. The average Bonchev–Trinajstić information content (AvgIpc) is 3.70. The normalized spacial score (nSPS) is 11.8. The van der Waals surface area contributed by atoms with Crippen molar-refractivity contribution in [2.24, 2.45) is 7.05 Å². The molecule has 6 heteroatoms. The molecule has 0 saturated heterocycles. The Balaban J connectivity index is 1.22. The summed E-state index contributed by atoms with van der Waals surface area (Å²) in [6.07, 6.45) is 1.85. The van der Waals surface area contributed by atoms with Gasteiger partial charge in [0.1, 0.15) is 23.1 Å². The van der Waals surface area contributed by atoms with Gasteiger partial charge < -0.3 is 9.30 Å². The summed E-state index contributed by atoms with van der Waals surface area (Å²) in [4.78, 5) is 9.68. The minimum atomic E-state index is 0.760. The molecule has 0 amide bonds. The summed E-state index contributed by atoms with van der Waals surface area (Å²) in [5, 5.41) is 4.90. The summed E-state index contributed by atoms with van der Waals surface area (Å²) < 4.78 is 13.5. The topological polar surface area (TPSA) is 44.9 Å². The van der Waals surface area contributed by atoms with E-state index in [1.165, 1.54) is 36.5 Å². The first-order chi connectivity index (χ1) is 21.2. The van der Waals surface area contributed by atoms with Crippen molar-refractivity contribution in [3.05, 3.63) is 128 Å². The molecule has 5 nitrogen and oxygen atoms in total. The molecule has 5 aromatic carbocycles. The summed E-state index contributed by atoms with van der Waals surface area (Å²) >= 11 is 1.83. The Kier molecular flexibility index (Phi) is 5.21. The van der Waals surface area contributed by atoms with Crippen molar-refractivity contribution in [1.82, 2.24) is 19.1 Å². The van der Waals surface area contributed by atoms with Gasteiger partial charge in [0, 0.05) is 55.8 Å². The van der Waals surface area contributed by atoms with Gasteiger partial charge in [-0.25, -0.2) is 9.97 Å². The molecule has 0 aliphatic heterocycles. The number of hydrogen-bond acceptors (Lipinski definition) is 4. The lowest BCUT2D eigenvalue weighted by Gasteiger charge is -2.10. The van der Waals surface area contributed by atoms with Gasteiger partial charge in [0.2, 0.25) is 0 Å². The number of imidazole rings is 1. The number of hydrogen-bond donors (Lipinski definition) is 0. The second-order valence-electron chi connectivity index (χ2n) is 10.7. The van der Waals surface area contributed by atoms with E-state index >= 15 is 0 Å². The Morgan fingerprint density at radius 3 is 2.40 bits per heavy atom. The average molecular weight is 573 g/mol. The molecule has 0 unspecified atom stereocenters. The van der Waals surface area contributed by atoms with Crippen LogP contribution >= 0.6 is 11.3 Å². The lowest BCUT2D eigenvalue weighted by Crippen LogP contribution is -1.97. The van der Waals surface area contributed by atoms with E-state index in [1.54, 1.807) is 0 Å². The third-order valence-corrected chi connectivity index (χ3v) is 9.37. The lowest BCUT2D eigenvalue weighted by molar-refractivity contribution is 0.483. The fraction of sp³-hybridized carbons (Fsp3) is 0.0270. The number of pyridine rings is 1. The monoisotopic (exact) mass is 572 g/mol. The van der Waals surface area contributed by atoms with Gasteiger partial charge in [-0.1, -0.05) is 54.6 Å². The summed E-state index contributed by atoms with van der Waals surface area (Å²) in [5.74, 6) is 3.31. The van der Waals surface area contributed by atoms with Crippen LogP contribution in [0.15, 0.2) is 128 Å². The smallest absolute Gasteiger partial charge is 0.140 e. The van der Waals surface area contributed by atoms with Gasteiger partial charge in [0.15, 0.2) is 0 Å². The van der Waals surface area contributed by atoms with Crippen LogP contribution in [0.3, 0.4) is 0 Å². The van der Waals surface area contributed by atoms with Gasteiger partial charge in [-0.05, 0) is 60.7 Å². The van der Waals surface area contributed by atoms with E-state index < -0.39 is 0 Å². The lowest BCUT2D eigenvalue weighted by atomic mass is 10.1. The van der Waals surface area contributed by atoms with Crippen LogP contribution in [0, 0.1) is 0 Å². The molecule has 0 fully saturated rings. The zero-order valence-electron chi connectivity index (χ0n) is 23.2. The molecule has 43 heavy (non-hydrogen) atoms. The van der Waals surface area contributed by atoms with Crippen molar-refractivity contribution in [2.75, 3.05) is 0 Å². The highest BCUT2D eigenvalue weighted by atomic mass is 32.1. The molecule has 4 heterocycles. The van der Waals surface area contributed by atoms with E-state index in [-0.39, 0.29) is 0 Å². The van der Waals surface area contributed by atoms with Gasteiger partial charge in [-0.2, -0.15) is 0 Å². The first-order valence-corrected chi connectivity index (χ1v) is 15.0. The number of benzene rings is 5. The maximum absolute atomic E-state index is 6.52. The molecule has 204 valence electrons. The van der Waals surface area contributed by atoms with Crippen LogP contribution < -0.4 is 4.74 Å². The Morgan fingerprint density at radius 2 is 1.49 bits per heavy atom. The molecule has 0 saturated carbocycles. The van der Waals surface area contributed by atoms with Crippen molar-refractivity contribution >= 4 is 64.3 Å². The van der Waals surface area contributed by atoms with Crippen LogP contribution in [0.4, 0.5) is 0 Å². The van der Waals surface area contributed by atoms with E-state index in [0.29, 0.717) is 0 Å². The number of fused-ring (bicyclic) bond motifs is 8. The predicted molar refractivity (Wildman–Crippen MR) is 178 cm³/mol. The zero-order valence-corrected chi connectivity index (χ0v) is 24.0. The van der Waals surface area contributed by atoms with Crippen LogP contribution in [0.25, 0.3) is 70.2 Å². The molecule has 0 atom stereocenters. The van der Waals surface area contributed by atoms with Crippen molar-refractivity contribution < 1.29 is 4.74 Å². The molecule has 4 aromatic heterocycles. The largest absolute Gasteiger partial charge is 0.457 e. The van der Waals surface area contributed by atoms with E-state index in [2.05, 4.69) is 95.0 Å². The number of ether oxygens (including phenoxy) is 1. The van der Waals surface area contributed by atoms with Crippen molar-refractivity contribution in [3.8, 4) is 28.7 Å². The number of aryl methyl sites for hydroxylation is 1. The van der Waals surface area contributed by atoms with E-state index in [4.69, 9.17) is 14.7 Å². The van der Waals surface area contributed by atoms with Gasteiger partial charge in [0.25, 0.3) is 0 Å². The molecular formula is C37H24N4OS. The van der Waals surface area contributed by atoms with Crippen LogP contribution in [-0.4, -0.2) is 19.1 Å². The Bertz CT molecular complexity index is 2500. The van der Waals surface area contributed by atoms with Crippen molar-refractivity contribution in [1.29, 1.82) is 0 Å². The van der Waals surface area contributed by atoms with Crippen LogP contribution in [0.5, 0.6) is 11.5 Å². The Labute approximate surface area is 250 Å². The Hall–Kier alpha value is -5.46. The summed E-state index contributed by atoms with van der Waals surface area (Å²) in [6.45, 7) is 0. The molecule has 0 spiro atoms. The Morgan fingerprint density at radius 1 is 0.651 bits per heavy atom. The molecule has 0 radical (unpaired) electrons. The minimum absolute atomic E-state index is 0.760. The minimum Gasteiger partial charge on any atom is -0.457 e. The fourth-order valence-corrected chi connectivity index (χ4v) is 7.43. The molecule has 9 rings (SSSR count). The summed E-state index contributed by atoms with van der Waals surface area (Å²) in [6, 6.07) is 41.9. The SMILES string of the molecule is Cn1c(-c2cccc(Oc3ccc4c5ccc6sc7ccccc7c6c5n(-c5ccccn5)c4c3)c2)nc2ccccc21.